The minimum atomic E-state index is -1.96. The van der Waals surface area contributed by atoms with Gasteiger partial charge in [0.15, 0.2) is 5.78 Å². The lowest BCUT2D eigenvalue weighted by atomic mass is 9.71. The summed E-state index contributed by atoms with van der Waals surface area (Å²) in [6, 6.07) is 32.4. The number of hydrogen-bond acceptors (Lipinski definition) is 2. The molecule has 0 radical (unpaired) electrons. The van der Waals surface area contributed by atoms with Crippen molar-refractivity contribution in [2.45, 2.75) is 40.2 Å². The summed E-state index contributed by atoms with van der Waals surface area (Å²) in [5.74, 6) is 6.44. The van der Waals surface area contributed by atoms with Crippen molar-refractivity contribution in [3.8, 4) is 11.8 Å². The van der Waals surface area contributed by atoms with Gasteiger partial charge in [0.2, 0.25) is 0 Å². The summed E-state index contributed by atoms with van der Waals surface area (Å²) in [4.78, 5) is 12.4. The zero-order valence-corrected chi connectivity index (χ0v) is 24.4. The first-order chi connectivity index (χ1) is 17.3. The molecule has 4 heteroatoms. The van der Waals surface area contributed by atoms with Gasteiger partial charge in [0.25, 0.3) is 0 Å². The van der Waals surface area contributed by atoms with E-state index in [2.05, 4.69) is 109 Å². The fourth-order valence-corrected chi connectivity index (χ4v) is 9.24. The van der Waals surface area contributed by atoms with Crippen LogP contribution in [0.15, 0.2) is 114 Å². The summed E-state index contributed by atoms with van der Waals surface area (Å²) < 4.78 is 0. The Labute approximate surface area is 232 Å². The van der Waals surface area contributed by atoms with Crippen LogP contribution in [0.5, 0.6) is 0 Å². The molecule has 190 valence electrons. The van der Waals surface area contributed by atoms with Crippen molar-refractivity contribution >= 4 is 29.0 Å². The van der Waals surface area contributed by atoms with Crippen molar-refractivity contribution in [3.05, 3.63) is 114 Å². The molecule has 0 saturated heterocycles. The third-order valence-electron chi connectivity index (χ3n) is 7.07. The lowest BCUT2D eigenvalue weighted by Crippen LogP contribution is -3.00. The van der Waals surface area contributed by atoms with E-state index < -0.39 is 13.4 Å². The van der Waals surface area contributed by atoms with Gasteiger partial charge in [-0.25, -0.2) is 0 Å². The zero-order valence-electron chi connectivity index (χ0n) is 21.9. The predicted molar refractivity (Wildman–Crippen MR) is 154 cm³/mol. The van der Waals surface area contributed by atoms with Crippen molar-refractivity contribution in [1.29, 1.82) is 0 Å². The third kappa shape index (κ3) is 6.05. The summed E-state index contributed by atoms with van der Waals surface area (Å²) in [7, 11) is -1.96. The number of aliphatic hydroxyl groups is 1. The predicted octanol–water partition coefficient (Wildman–Crippen LogP) is 2.61. The molecule has 1 aliphatic carbocycles. The quantitative estimate of drug-likeness (QED) is 0.377. The lowest BCUT2D eigenvalue weighted by molar-refractivity contribution is -0.125. The summed E-state index contributed by atoms with van der Waals surface area (Å²) in [5, 5.41) is 14.2. The molecule has 0 unspecified atom stereocenters. The van der Waals surface area contributed by atoms with Gasteiger partial charge in [0.1, 0.15) is 29.3 Å². The average Bonchev–Trinajstić information content (AvgIpc) is 2.89. The summed E-state index contributed by atoms with van der Waals surface area (Å²) in [6.45, 7) is 7.93. The van der Waals surface area contributed by atoms with Crippen molar-refractivity contribution in [3.63, 3.8) is 0 Å². The number of hydrogen-bond donors (Lipinski definition) is 1. The Balaban J connectivity index is 0.00000380. The van der Waals surface area contributed by atoms with Crippen LogP contribution in [0.3, 0.4) is 0 Å². The zero-order chi connectivity index (χ0) is 25.8. The maximum absolute atomic E-state index is 12.4. The SMILES string of the molecule is CC1=C(C#C/C(C)=C\C[P+](c2ccccc2)(c2ccccc2)c2ccccc2)C(C)(C)C[C@H](O)C1=O.[Br-]. The minimum Gasteiger partial charge on any atom is -1.00 e. The number of allylic oxidation sites excluding steroid dienone is 3. The van der Waals surface area contributed by atoms with Crippen molar-refractivity contribution in [2.75, 3.05) is 6.16 Å². The van der Waals surface area contributed by atoms with E-state index in [1.807, 2.05) is 20.8 Å². The molecule has 0 fully saturated rings. The molecule has 3 aromatic rings. The molecule has 0 bridgehead atoms. The first-order valence-corrected chi connectivity index (χ1v) is 14.4. The van der Waals surface area contributed by atoms with E-state index in [4.69, 9.17) is 0 Å². The number of aliphatic hydroxyl groups excluding tert-OH is 1. The molecule has 1 atom stereocenters. The van der Waals surface area contributed by atoms with Crippen LogP contribution in [0, 0.1) is 17.3 Å². The van der Waals surface area contributed by atoms with Crippen molar-refractivity contribution in [2.24, 2.45) is 5.41 Å². The van der Waals surface area contributed by atoms with Gasteiger partial charge in [0.05, 0.1) is 6.16 Å². The van der Waals surface area contributed by atoms with Crippen LogP contribution in [-0.4, -0.2) is 23.2 Å². The van der Waals surface area contributed by atoms with Gasteiger partial charge in [-0.3, -0.25) is 4.79 Å². The van der Waals surface area contributed by atoms with Crippen molar-refractivity contribution < 1.29 is 26.9 Å². The monoisotopic (exact) mass is 572 g/mol. The molecule has 4 rings (SSSR count). The fraction of sp³-hybridized carbons (Fsp3) is 0.242. The largest absolute Gasteiger partial charge is 1.00 e. The van der Waals surface area contributed by atoms with E-state index in [1.54, 1.807) is 6.92 Å². The maximum Gasteiger partial charge on any atom is 0.187 e. The Bertz CT molecular complexity index is 1250. The molecule has 1 aliphatic rings. The molecule has 37 heavy (non-hydrogen) atoms. The van der Waals surface area contributed by atoms with Gasteiger partial charge in [-0.15, -0.1) is 0 Å². The van der Waals surface area contributed by atoms with Gasteiger partial charge in [0, 0.05) is 16.6 Å². The first-order valence-electron chi connectivity index (χ1n) is 12.4. The molecular formula is C33H34BrO2P. The molecule has 0 saturated carbocycles. The highest BCUT2D eigenvalue weighted by Crippen LogP contribution is 2.55. The second-order valence-corrected chi connectivity index (χ2v) is 13.6. The van der Waals surface area contributed by atoms with Crippen molar-refractivity contribution in [1.82, 2.24) is 0 Å². The summed E-state index contributed by atoms with van der Waals surface area (Å²) in [6.07, 6.45) is 2.58. The van der Waals surface area contributed by atoms with Crippen LogP contribution >= 0.6 is 7.26 Å². The molecule has 3 aromatic carbocycles. The van der Waals surface area contributed by atoms with Gasteiger partial charge in [-0.2, -0.15) is 0 Å². The van der Waals surface area contributed by atoms with E-state index in [-0.39, 0.29) is 28.2 Å². The van der Waals surface area contributed by atoms with Gasteiger partial charge in [-0.05, 0) is 68.3 Å². The number of ketones is 1. The topological polar surface area (TPSA) is 37.3 Å². The summed E-state index contributed by atoms with van der Waals surface area (Å²) in [5.41, 5.74) is 2.07. The Hall–Kier alpha value is -2.76. The highest BCUT2D eigenvalue weighted by Gasteiger charge is 2.44. The molecule has 0 amide bonds. The highest BCUT2D eigenvalue weighted by atomic mass is 79.9. The number of carbonyl (C=O) groups excluding carboxylic acids is 1. The normalized spacial score (nSPS) is 17.5. The third-order valence-corrected chi connectivity index (χ3v) is 11.3. The molecule has 0 aromatic heterocycles. The molecular weight excluding hydrogens is 539 g/mol. The second kappa shape index (κ2) is 12.2. The number of carbonyl (C=O) groups is 1. The smallest absolute Gasteiger partial charge is 0.187 e. The highest BCUT2D eigenvalue weighted by molar-refractivity contribution is 7.95. The number of rotatable bonds is 5. The molecule has 1 N–H and O–H groups in total. The van der Waals surface area contributed by atoms with E-state index >= 15 is 0 Å². The Morgan fingerprint density at radius 2 is 1.35 bits per heavy atom. The molecule has 0 spiro atoms. The van der Waals surface area contributed by atoms with E-state index in [1.165, 1.54) is 15.9 Å². The number of halogens is 1. The van der Waals surface area contributed by atoms with Crippen LogP contribution in [0.2, 0.25) is 0 Å². The molecule has 0 aliphatic heterocycles. The van der Waals surface area contributed by atoms with E-state index in [9.17, 15) is 9.90 Å². The average molecular weight is 574 g/mol. The first kappa shape index (κ1) is 28.8. The van der Waals surface area contributed by atoms with Crippen LogP contribution in [0.4, 0.5) is 0 Å². The minimum absolute atomic E-state index is 0. The van der Waals surface area contributed by atoms with Gasteiger partial charge >= 0.3 is 0 Å². The lowest BCUT2D eigenvalue weighted by Gasteiger charge is -2.33. The van der Waals surface area contributed by atoms with Crippen LogP contribution in [0.25, 0.3) is 0 Å². The number of Topliss-reactive ketones (excluding diaryl/α,β-unsaturated/α-hetero) is 1. The van der Waals surface area contributed by atoms with E-state index in [0.29, 0.717) is 12.0 Å². The van der Waals surface area contributed by atoms with Crippen LogP contribution in [-0.2, 0) is 4.79 Å². The van der Waals surface area contributed by atoms with Crippen LogP contribution < -0.4 is 32.9 Å². The molecule has 2 nitrogen and oxygen atoms in total. The van der Waals surface area contributed by atoms with Crippen LogP contribution in [0.1, 0.15) is 34.1 Å². The standard InChI is InChI=1S/C33H34O2P.BrH/c1-25(20-21-30-26(2)32(35)31(34)24-33(30,3)4)22-23-36(27-14-8-5-9-15-27,28-16-10-6-11-17-28)29-18-12-7-13-19-29;/h5-19,22,31,34H,23-24H2,1-4H3;1H/q+1;/p-1/b25-22-;/t31-;/m0./s1. The Morgan fingerprint density at radius 3 is 1.78 bits per heavy atom. The maximum atomic E-state index is 12.4. The van der Waals surface area contributed by atoms with Gasteiger partial charge < -0.3 is 22.1 Å². The summed E-state index contributed by atoms with van der Waals surface area (Å²) >= 11 is 0. The number of benzene rings is 3. The van der Waals surface area contributed by atoms with E-state index in [0.717, 1.165) is 17.3 Å². The molecule has 0 heterocycles. The Morgan fingerprint density at radius 1 is 0.919 bits per heavy atom. The Kier molecular flexibility index (Phi) is 9.49. The fourth-order valence-electron chi connectivity index (χ4n) is 5.12. The van der Waals surface area contributed by atoms with Gasteiger partial charge in [-0.1, -0.05) is 80.3 Å². The second-order valence-electron chi connectivity index (χ2n) is 10.1.